The number of anilines is 1. The summed E-state index contributed by atoms with van der Waals surface area (Å²) in [7, 11) is 0. The van der Waals surface area contributed by atoms with Crippen LogP contribution in [0, 0.1) is 0 Å². The molecule has 2 atom stereocenters. The zero-order valence-electron chi connectivity index (χ0n) is 29.5. The third kappa shape index (κ3) is 12.0. The van der Waals surface area contributed by atoms with Gasteiger partial charge in [-0.2, -0.15) is 0 Å². The van der Waals surface area contributed by atoms with E-state index in [4.69, 9.17) is 14.3 Å². The topological polar surface area (TPSA) is 253 Å². The van der Waals surface area contributed by atoms with Gasteiger partial charge in [-0.25, -0.2) is 19.4 Å². The summed E-state index contributed by atoms with van der Waals surface area (Å²) in [6, 6.07) is -1.08. The molecule has 0 radical (unpaired) electrons. The summed E-state index contributed by atoms with van der Waals surface area (Å²) in [5.41, 5.74) is -1.21. The molecule has 5 amide bonds. The van der Waals surface area contributed by atoms with Crippen LogP contribution in [-0.2, 0) is 40.0 Å². The number of thioether (sulfide) groups is 2. The minimum absolute atomic E-state index is 0.000331. The first-order valence-corrected chi connectivity index (χ1v) is 19.6. The molecular formula is C30H39N9O10S4. The molecule has 2 aromatic heterocycles. The van der Waals surface area contributed by atoms with E-state index in [0.717, 1.165) is 16.2 Å². The molecule has 4 heterocycles. The zero-order valence-corrected chi connectivity index (χ0v) is 32.8. The normalized spacial score (nSPS) is 17.3. The summed E-state index contributed by atoms with van der Waals surface area (Å²) >= 11 is 4.79. The Morgan fingerprint density at radius 3 is 2.45 bits per heavy atom. The van der Waals surface area contributed by atoms with Crippen molar-refractivity contribution in [2.45, 2.75) is 81.5 Å². The number of amides is 5. The number of ether oxygens (including phenoxy) is 2. The number of carboxylic acids is 1. The highest BCUT2D eigenvalue weighted by atomic mass is 32.2. The SMILES string of the molecule is CC(C)(C)OC(=O)NCCCO/N=C(\C(=O)NC1C(=O)N2C(C(=O)O)=C(CSc3nnc(CNC(=O)OC(C)(C)C)s3)CS[C@H]12)c1csc(NC=O)n1. The van der Waals surface area contributed by atoms with Crippen molar-refractivity contribution in [3.05, 3.63) is 27.4 Å². The lowest BCUT2D eigenvalue weighted by atomic mass is 10.0. The molecule has 4 rings (SSSR count). The minimum atomic E-state index is -1.29. The van der Waals surface area contributed by atoms with Crippen LogP contribution in [-0.4, -0.2) is 115 Å². The first kappa shape index (κ1) is 41.3. The van der Waals surface area contributed by atoms with Gasteiger partial charge in [0.15, 0.2) is 15.2 Å². The van der Waals surface area contributed by atoms with Crippen LogP contribution in [0.3, 0.4) is 0 Å². The van der Waals surface area contributed by atoms with Crippen LogP contribution in [0.5, 0.6) is 0 Å². The number of carbonyl (C=O) groups excluding carboxylic acids is 5. The molecule has 1 fully saturated rings. The summed E-state index contributed by atoms with van der Waals surface area (Å²) < 4.78 is 10.9. The molecule has 2 aliphatic heterocycles. The quantitative estimate of drug-likeness (QED) is 0.0408. The number of fused-ring (bicyclic) bond motifs is 1. The highest BCUT2D eigenvalue weighted by Crippen LogP contribution is 2.42. The van der Waals surface area contributed by atoms with Crippen LogP contribution in [0.1, 0.15) is 58.7 Å². The number of carbonyl (C=O) groups is 6. The Balaban J connectivity index is 1.37. The molecule has 288 valence electrons. The van der Waals surface area contributed by atoms with Crippen molar-refractivity contribution >= 4 is 93.4 Å². The molecule has 1 unspecified atom stereocenters. The molecule has 19 nitrogen and oxygen atoms in total. The van der Waals surface area contributed by atoms with Gasteiger partial charge in [-0.3, -0.25) is 19.3 Å². The second-order valence-corrected chi connectivity index (χ2v) is 17.3. The smallest absolute Gasteiger partial charge is 0.408 e. The molecule has 2 aromatic rings. The van der Waals surface area contributed by atoms with Gasteiger partial charge in [0.05, 0.1) is 6.54 Å². The molecular weight excluding hydrogens is 775 g/mol. The van der Waals surface area contributed by atoms with Gasteiger partial charge < -0.3 is 40.7 Å². The fourth-order valence-corrected chi connectivity index (χ4v) is 8.41. The van der Waals surface area contributed by atoms with E-state index in [1.54, 1.807) is 41.5 Å². The average molecular weight is 814 g/mol. The van der Waals surface area contributed by atoms with Gasteiger partial charge in [-0.15, -0.1) is 33.3 Å². The fraction of sp³-hybridized carbons (Fsp3) is 0.533. The number of rotatable bonds is 16. The van der Waals surface area contributed by atoms with E-state index in [0.29, 0.717) is 27.8 Å². The van der Waals surface area contributed by atoms with Crippen molar-refractivity contribution in [2.24, 2.45) is 5.16 Å². The molecule has 5 N–H and O–H groups in total. The van der Waals surface area contributed by atoms with Gasteiger partial charge in [0, 0.05) is 29.9 Å². The summed E-state index contributed by atoms with van der Waals surface area (Å²) in [5.74, 6) is -2.27. The Morgan fingerprint density at radius 2 is 1.79 bits per heavy atom. The van der Waals surface area contributed by atoms with E-state index in [9.17, 15) is 33.9 Å². The van der Waals surface area contributed by atoms with Crippen LogP contribution < -0.4 is 21.3 Å². The largest absolute Gasteiger partial charge is 0.477 e. The molecule has 0 spiro atoms. The molecule has 0 aromatic carbocycles. The van der Waals surface area contributed by atoms with Gasteiger partial charge >= 0.3 is 18.2 Å². The van der Waals surface area contributed by atoms with Gasteiger partial charge in [-0.1, -0.05) is 28.3 Å². The van der Waals surface area contributed by atoms with Crippen LogP contribution in [0.15, 0.2) is 26.1 Å². The summed E-state index contributed by atoms with van der Waals surface area (Å²) in [6.45, 7) is 10.8. The van der Waals surface area contributed by atoms with E-state index in [1.807, 2.05) is 0 Å². The van der Waals surface area contributed by atoms with E-state index in [-0.39, 0.29) is 53.4 Å². The Hall–Kier alpha value is -4.48. The maximum atomic E-state index is 13.5. The fourth-order valence-electron chi connectivity index (χ4n) is 4.44. The number of oxime groups is 1. The Morgan fingerprint density at radius 1 is 1.09 bits per heavy atom. The first-order chi connectivity index (χ1) is 25.0. The maximum absolute atomic E-state index is 13.5. The van der Waals surface area contributed by atoms with Crippen LogP contribution in [0.2, 0.25) is 0 Å². The number of alkyl carbamates (subject to hydrolysis) is 2. The van der Waals surface area contributed by atoms with Crippen molar-refractivity contribution < 1.29 is 48.2 Å². The monoisotopic (exact) mass is 813 g/mol. The van der Waals surface area contributed by atoms with Crippen LogP contribution in [0.25, 0.3) is 0 Å². The van der Waals surface area contributed by atoms with E-state index < -0.39 is 52.6 Å². The maximum Gasteiger partial charge on any atom is 0.408 e. The molecule has 0 bridgehead atoms. The van der Waals surface area contributed by atoms with Gasteiger partial charge in [0.25, 0.3) is 11.8 Å². The number of carboxylic acid groups (broad SMARTS) is 1. The predicted molar refractivity (Wildman–Crippen MR) is 197 cm³/mol. The summed E-state index contributed by atoms with van der Waals surface area (Å²) in [5, 5.41) is 33.9. The van der Waals surface area contributed by atoms with E-state index in [2.05, 4.69) is 41.6 Å². The first-order valence-electron chi connectivity index (χ1n) is 15.9. The number of β-lactam (4-membered cyclic amide) rings is 1. The number of nitrogens with one attached hydrogen (secondary N) is 4. The van der Waals surface area contributed by atoms with Gasteiger partial charge in [-0.05, 0) is 47.1 Å². The number of nitrogens with zero attached hydrogens (tertiary/aromatic N) is 5. The van der Waals surface area contributed by atoms with Crippen LogP contribution >= 0.6 is 46.2 Å². The standard InChI is InChI=1S/C30H39N9O10S4/c1-29(2,3)48-26(45)31-8-7-9-47-38-18(16-13-51-25(34-16)33-14-40)21(41)35-19-22(42)39-20(24(43)44)15(11-50-23(19)39)12-52-28-37-36-17(53-28)10-32-27(46)49-30(4,5)6/h13-14,19,23H,7-12H2,1-6H3,(H,31,45)(H,32,46)(H,35,41)(H,43,44)(H,33,34,40)/b38-18-/t19?,23-/m1/s1. The lowest BCUT2D eigenvalue weighted by molar-refractivity contribution is -0.150. The van der Waals surface area contributed by atoms with E-state index >= 15 is 0 Å². The predicted octanol–water partition coefficient (Wildman–Crippen LogP) is 2.75. The van der Waals surface area contributed by atoms with Gasteiger partial charge in [0.2, 0.25) is 6.41 Å². The van der Waals surface area contributed by atoms with Crippen molar-refractivity contribution in [3.8, 4) is 0 Å². The second kappa shape index (κ2) is 18.0. The third-order valence-corrected chi connectivity index (χ3v) is 10.8. The summed E-state index contributed by atoms with van der Waals surface area (Å²) in [4.78, 5) is 84.6. The highest BCUT2D eigenvalue weighted by molar-refractivity contribution is 8.01. The molecule has 1 saturated heterocycles. The van der Waals surface area contributed by atoms with Gasteiger partial charge in [0.1, 0.15) is 45.6 Å². The van der Waals surface area contributed by atoms with Crippen molar-refractivity contribution in [1.82, 2.24) is 36.0 Å². The lowest BCUT2D eigenvalue weighted by Crippen LogP contribution is -2.71. The Kier molecular flexibility index (Phi) is 14.0. The second-order valence-electron chi connectivity index (χ2n) is 13.1. The number of hydrogen-bond donors (Lipinski definition) is 5. The number of aliphatic carboxylic acids is 1. The number of hydrogen-bond acceptors (Lipinski definition) is 17. The molecule has 23 heteroatoms. The third-order valence-electron chi connectivity index (χ3n) is 6.52. The summed E-state index contributed by atoms with van der Waals surface area (Å²) in [6.07, 6.45) is -0.448. The average Bonchev–Trinajstić information content (AvgIpc) is 3.72. The van der Waals surface area contributed by atoms with Crippen molar-refractivity contribution in [3.63, 3.8) is 0 Å². The van der Waals surface area contributed by atoms with Crippen molar-refractivity contribution in [1.29, 1.82) is 0 Å². The molecule has 0 aliphatic carbocycles. The Labute approximate surface area is 320 Å². The Bertz CT molecular complexity index is 1770. The minimum Gasteiger partial charge on any atom is -0.477 e. The van der Waals surface area contributed by atoms with Crippen molar-refractivity contribution in [2.75, 3.05) is 30.0 Å². The molecule has 2 aliphatic rings. The number of aromatic nitrogens is 3. The molecule has 0 saturated carbocycles. The number of thiazole rings is 1. The highest BCUT2D eigenvalue weighted by Gasteiger charge is 2.54. The van der Waals surface area contributed by atoms with E-state index in [1.165, 1.54) is 40.2 Å². The molecule has 53 heavy (non-hydrogen) atoms. The van der Waals surface area contributed by atoms with Crippen LogP contribution in [0.4, 0.5) is 14.7 Å². The zero-order chi connectivity index (χ0) is 38.9. The lowest BCUT2D eigenvalue weighted by Gasteiger charge is -2.49.